The molecule has 8 nitrogen and oxygen atoms in total. The van der Waals surface area contributed by atoms with Crippen molar-refractivity contribution in [2.24, 2.45) is 17.8 Å². The lowest BCUT2D eigenvalue weighted by Gasteiger charge is -2.29. The molecule has 8 heteroatoms. The molecule has 1 aliphatic rings. The molecule has 1 saturated carbocycles. The molecule has 1 aromatic carbocycles. The van der Waals surface area contributed by atoms with E-state index in [9.17, 15) is 14.8 Å². The molecule has 0 aromatic heterocycles. The lowest BCUT2D eigenvalue weighted by atomic mass is 9.82. The number of hydroxylamine groups is 1. The summed E-state index contributed by atoms with van der Waals surface area (Å²) < 4.78 is 16.2. The second-order valence-electron chi connectivity index (χ2n) is 8.57. The summed E-state index contributed by atoms with van der Waals surface area (Å²) in [6.45, 7) is 4.96. The number of hydrogen-bond donors (Lipinski definition) is 3. The van der Waals surface area contributed by atoms with Gasteiger partial charge in [0.1, 0.15) is 12.5 Å². The Morgan fingerprint density at radius 1 is 1.16 bits per heavy atom. The molecule has 0 aliphatic heterocycles. The summed E-state index contributed by atoms with van der Waals surface area (Å²) in [5.74, 6) is 0.230. The van der Waals surface area contributed by atoms with Crippen LogP contribution in [0.4, 0.5) is 0 Å². The molecule has 2 unspecified atom stereocenters. The fourth-order valence-corrected chi connectivity index (χ4v) is 4.20. The van der Waals surface area contributed by atoms with Crippen LogP contribution in [0.5, 0.6) is 5.75 Å². The van der Waals surface area contributed by atoms with Crippen molar-refractivity contribution in [3.8, 4) is 5.75 Å². The fourth-order valence-electron chi connectivity index (χ4n) is 4.20. The van der Waals surface area contributed by atoms with Gasteiger partial charge in [-0.3, -0.25) is 14.8 Å². The largest absolute Gasteiger partial charge is 0.496 e. The molecule has 1 fully saturated rings. The molecule has 0 bridgehead atoms. The first kappa shape index (κ1) is 26.1. The first-order valence-corrected chi connectivity index (χ1v) is 11.5. The number of carbonyl (C=O) groups excluding carboxylic acids is 2. The van der Waals surface area contributed by atoms with Gasteiger partial charge in [-0.25, -0.2) is 5.48 Å². The first-order chi connectivity index (χ1) is 15.5. The van der Waals surface area contributed by atoms with Crippen LogP contribution < -0.4 is 15.5 Å². The number of rotatable bonds is 13. The molecule has 1 aromatic rings. The quantitative estimate of drug-likeness (QED) is 0.185. The minimum atomic E-state index is -0.580. The van der Waals surface area contributed by atoms with Crippen LogP contribution in [0.2, 0.25) is 0 Å². The van der Waals surface area contributed by atoms with E-state index in [-0.39, 0.29) is 31.3 Å². The average Bonchev–Trinajstić information content (AvgIpc) is 2.81. The van der Waals surface area contributed by atoms with E-state index in [0.717, 1.165) is 31.2 Å². The third kappa shape index (κ3) is 8.41. The van der Waals surface area contributed by atoms with Gasteiger partial charge in [-0.1, -0.05) is 25.1 Å². The number of para-hydroxylation sites is 1. The molecule has 2 rings (SSSR count). The number of carbonyl (C=O) groups is 2. The smallest absolute Gasteiger partial charge is 0.246 e. The maximum atomic E-state index is 12.9. The highest BCUT2D eigenvalue weighted by Gasteiger charge is 2.29. The molecular weight excluding hydrogens is 412 g/mol. The van der Waals surface area contributed by atoms with E-state index < -0.39 is 11.8 Å². The zero-order valence-corrected chi connectivity index (χ0v) is 19.5. The number of nitrogens with one attached hydrogen (secondary N) is 2. The Balaban J connectivity index is 2.09. The zero-order valence-electron chi connectivity index (χ0n) is 19.5. The Morgan fingerprint density at radius 2 is 1.88 bits per heavy atom. The number of hydrogen-bond acceptors (Lipinski definition) is 6. The molecular formula is C24H38N2O6. The first-order valence-electron chi connectivity index (χ1n) is 11.5. The molecule has 3 N–H and O–H groups in total. The van der Waals surface area contributed by atoms with Crippen LogP contribution in [0.15, 0.2) is 24.3 Å². The summed E-state index contributed by atoms with van der Waals surface area (Å²) in [6, 6.07) is 7.06. The molecule has 0 radical (unpaired) electrons. The Labute approximate surface area is 191 Å². The molecule has 0 heterocycles. The van der Waals surface area contributed by atoms with Crippen molar-refractivity contribution < 1.29 is 29.0 Å². The van der Waals surface area contributed by atoms with E-state index in [1.807, 2.05) is 31.2 Å². The van der Waals surface area contributed by atoms with E-state index >= 15 is 0 Å². The van der Waals surface area contributed by atoms with E-state index in [1.165, 1.54) is 0 Å². The summed E-state index contributed by atoms with van der Waals surface area (Å²) in [5, 5.41) is 12.4. The van der Waals surface area contributed by atoms with Crippen LogP contribution in [0.1, 0.15) is 51.5 Å². The summed E-state index contributed by atoms with van der Waals surface area (Å²) in [5.41, 5.74) is 2.62. The van der Waals surface area contributed by atoms with E-state index in [0.29, 0.717) is 31.1 Å². The lowest BCUT2D eigenvalue weighted by molar-refractivity contribution is -0.135. The standard InChI is InChI=1S/C24H38N2O6/c1-4-31-16-32-15-21(25-23(27)18-11-9-17(2)10-12-18)14-20(24(28)26-29)13-19-7-5-6-8-22(19)30-3/h5-8,17-18,20-21,29H,4,9-16H2,1-3H3,(H,25,27)(H,26,28). The van der Waals surface area contributed by atoms with Crippen molar-refractivity contribution >= 4 is 11.8 Å². The van der Waals surface area contributed by atoms with Gasteiger partial charge >= 0.3 is 0 Å². The maximum Gasteiger partial charge on any atom is 0.246 e. The van der Waals surface area contributed by atoms with Crippen molar-refractivity contribution in [1.82, 2.24) is 10.8 Å². The van der Waals surface area contributed by atoms with Gasteiger partial charge in [-0.2, -0.15) is 0 Å². The van der Waals surface area contributed by atoms with Crippen LogP contribution in [0, 0.1) is 17.8 Å². The van der Waals surface area contributed by atoms with Crippen LogP contribution in [0.25, 0.3) is 0 Å². The van der Waals surface area contributed by atoms with Gasteiger partial charge in [0, 0.05) is 18.4 Å². The molecule has 180 valence electrons. The zero-order chi connectivity index (χ0) is 23.3. The van der Waals surface area contributed by atoms with Crippen LogP contribution >= 0.6 is 0 Å². The third-order valence-electron chi connectivity index (χ3n) is 6.13. The maximum absolute atomic E-state index is 12.9. The Kier molecular flexibility index (Phi) is 11.5. The number of methoxy groups -OCH3 is 1. The second kappa shape index (κ2) is 14.1. The van der Waals surface area contributed by atoms with Gasteiger partial charge in [0.2, 0.25) is 11.8 Å². The van der Waals surface area contributed by atoms with Gasteiger partial charge in [0.25, 0.3) is 0 Å². The molecule has 1 aliphatic carbocycles. The molecule has 32 heavy (non-hydrogen) atoms. The second-order valence-corrected chi connectivity index (χ2v) is 8.57. The van der Waals surface area contributed by atoms with Gasteiger partial charge in [-0.15, -0.1) is 0 Å². The highest BCUT2D eigenvalue weighted by molar-refractivity contribution is 5.80. The van der Waals surface area contributed by atoms with Gasteiger partial charge in [-0.05, 0) is 63.0 Å². The van der Waals surface area contributed by atoms with E-state index in [4.69, 9.17) is 14.2 Å². The lowest BCUT2D eigenvalue weighted by Crippen LogP contribution is -2.45. The van der Waals surface area contributed by atoms with Crippen LogP contribution in [-0.2, 0) is 25.5 Å². The number of amides is 2. The van der Waals surface area contributed by atoms with Gasteiger partial charge in [0.05, 0.1) is 19.8 Å². The SMILES string of the molecule is CCOCOCC(CC(Cc1ccccc1OC)C(=O)NO)NC(=O)C1CCC(C)CC1. The molecule has 2 amide bonds. The minimum Gasteiger partial charge on any atom is -0.496 e. The Bertz CT molecular complexity index is 705. The Morgan fingerprint density at radius 3 is 2.53 bits per heavy atom. The highest BCUT2D eigenvalue weighted by atomic mass is 16.7. The summed E-state index contributed by atoms with van der Waals surface area (Å²) in [6.07, 6.45) is 4.52. The predicted octanol–water partition coefficient (Wildman–Crippen LogP) is 3.07. The van der Waals surface area contributed by atoms with E-state index in [1.54, 1.807) is 12.6 Å². The monoisotopic (exact) mass is 450 g/mol. The van der Waals surface area contributed by atoms with Crippen molar-refractivity contribution in [1.29, 1.82) is 0 Å². The average molecular weight is 451 g/mol. The van der Waals surface area contributed by atoms with E-state index in [2.05, 4.69) is 12.2 Å². The number of benzene rings is 1. The molecule has 0 spiro atoms. The fraction of sp³-hybridized carbons (Fsp3) is 0.667. The van der Waals surface area contributed by atoms with Crippen molar-refractivity contribution in [2.75, 3.05) is 27.1 Å². The van der Waals surface area contributed by atoms with Gasteiger partial charge in [0.15, 0.2) is 0 Å². The summed E-state index contributed by atoms with van der Waals surface area (Å²) in [7, 11) is 1.58. The Hall–Kier alpha value is -2.16. The molecule has 2 atom stereocenters. The van der Waals surface area contributed by atoms with Crippen molar-refractivity contribution in [2.45, 2.75) is 58.4 Å². The molecule has 0 saturated heterocycles. The van der Waals surface area contributed by atoms with Gasteiger partial charge < -0.3 is 19.5 Å². The predicted molar refractivity (Wildman–Crippen MR) is 120 cm³/mol. The van der Waals surface area contributed by atoms with Crippen molar-refractivity contribution in [3.63, 3.8) is 0 Å². The topological polar surface area (TPSA) is 106 Å². The minimum absolute atomic E-state index is 0.00218. The summed E-state index contributed by atoms with van der Waals surface area (Å²) >= 11 is 0. The third-order valence-corrected chi connectivity index (χ3v) is 6.13. The normalized spacial score (nSPS) is 20.2. The van der Waals surface area contributed by atoms with Crippen LogP contribution in [-0.4, -0.2) is 50.2 Å². The summed E-state index contributed by atoms with van der Waals surface area (Å²) in [4.78, 5) is 25.4. The number of ether oxygens (including phenoxy) is 3. The highest BCUT2D eigenvalue weighted by Crippen LogP contribution is 2.29. The van der Waals surface area contributed by atoms with Crippen molar-refractivity contribution in [3.05, 3.63) is 29.8 Å². The van der Waals surface area contributed by atoms with Crippen LogP contribution in [0.3, 0.4) is 0 Å².